The van der Waals surface area contributed by atoms with E-state index in [1.54, 1.807) is 12.3 Å². The Morgan fingerprint density at radius 1 is 1.52 bits per heavy atom. The zero-order chi connectivity index (χ0) is 15.6. The number of aryl methyl sites for hydroxylation is 1. The smallest absolute Gasteiger partial charge is 0.347 e. The number of hydrogen-bond acceptors (Lipinski definition) is 5. The lowest BCUT2D eigenvalue weighted by molar-refractivity contribution is 0.0698. The van der Waals surface area contributed by atoms with E-state index in [9.17, 15) is 13.2 Å². The lowest BCUT2D eigenvalue weighted by Gasteiger charge is -2.17. The molecule has 0 amide bonds. The number of rotatable bonds is 8. The summed E-state index contributed by atoms with van der Waals surface area (Å²) in [6.07, 6.45) is 2.37. The average molecular weight is 333 g/mol. The lowest BCUT2D eigenvalue weighted by Crippen LogP contribution is -2.31. The van der Waals surface area contributed by atoms with Gasteiger partial charge in [-0.1, -0.05) is 0 Å². The number of likely N-dealkylation sites (N-methyl/N-ethyl adjacent to an activating group) is 1. The van der Waals surface area contributed by atoms with Crippen LogP contribution in [0.5, 0.6) is 0 Å². The third-order valence-electron chi connectivity index (χ3n) is 3.38. The van der Waals surface area contributed by atoms with Crippen molar-refractivity contribution in [3.05, 3.63) is 15.8 Å². The Labute approximate surface area is 128 Å². The molecular weight excluding hydrogens is 314 g/mol. The van der Waals surface area contributed by atoms with E-state index in [2.05, 4.69) is 0 Å². The van der Waals surface area contributed by atoms with Crippen LogP contribution in [0.3, 0.4) is 0 Å². The molecule has 0 atom stereocenters. The third kappa shape index (κ3) is 3.82. The van der Waals surface area contributed by atoms with Crippen LogP contribution in [-0.2, 0) is 14.8 Å². The lowest BCUT2D eigenvalue weighted by atomic mass is 10.3. The van der Waals surface area contributed by atoms with E-state index in [1.165, 1.54) is 19.9 Å². The van der Waals surface area contributed by atoms with Crippen molar-refractivity contribution in [1.29, 1.82) is 0 Å². The molecule has 0 aliphatic heterocycles. The van der Waals surface area contributed by atoms with E-state index >= 15 is 0 Å². The van der Waals surface area contributed by atoms with E-state index in [0.717, 1.165) is 15.6 Å². The first kappa shape index (κ1) is 16.4. The molecule has 1 aliphatic carbocycles. The van der Waals surface area contributed by atoms with Crippen molar-refractivity contribution >= 4 is 27.3 Å². The molecule has 6 nitrogen and oxygen atoms in total. The maximum atomic E-state index is 12.5. The summed E-state index contributed by atoms with van der Waals surface area (Å²) >= 11 is 0.932. The first-order chi connectivity index (χ1) is 9.84. The molecule has 1 aromatic heterocycles. The minimum absolute atomic E-state index is 0.107. The highest BCUT2D eigenvalue weighted by Gasteiger charge is 2.30. The van der Waals surface area contributed by atoms with E-state index in [-0.39, 0.29) is 16.3 Å². The van der Waals surface area contributed by atoms with Gasteiger partial charge < -0.3 is 9.84 Å². The third-order valence-corrected chi connectivity index (χ3v) is 6.64. The molecule has 21 heavy (non-hydrogen) atoms. The Balaban J connectivity index is 2.05. The summed E-state index contributed by atoms with van der Waals surface area (Å²) in [7, 11) is -2.36. The van der Waals surface area contributed by atoms with Crippen molar-refractivity contribution in [2.24, 2.45) is 5.92 Å². The van der Waals surface area contributed by atoms with Crippen molar-refractivity contribution < 1.29 is 23.1 Å². The molecule has 0 unspecified atom stereocenters. The van der Waals surface area contributed by atoms with E-state index in [0.29, 0.717) is 24.7 Å². The number of carboxylic acids is 1. The molecule has 0 aromatic carbocycles. The number of aromatic carboxylic acids is 1. The summed E-state index contributed by atoms with van der Waals surface area (Å²) in [6.45, 7) is 2.81. The molecule has 0 spiro atoms. The van der Waals surface area contributed by atoms with E-state index in [1.807, 2.05) is 0 Å². The Morgan fingerprint density at radius 2 is 2.19 bits per heavy atom. The van der Waals surface area contributed by atoms with Crippen LogP contribution in [0.4, 0.5) is 0 Å². The molecule has 118 valence electrons. The molecule has 1 N–H and O–H groups in total. The number of hydrogen-bond donors (Lipinski definition) is 1. The van der Waals surface area contributed by atoms with Crippen molar-refractivity contribution in [2.45, 2.75) is 24.7 Å². The Hall–Kier alpha value is -0.960. The van der Waals surface area contributed by atoms with Crippen LogP contribution in [0, 0.1) is 12.8 Å². The van der Waals surface area contributed by atoms with Crippen LogP contribution in [0.15, 0.2) is 10.3 Å². The molecule has 0 radical (unpaired) electrons. The van der Waals surface area contributed by atoms with Gasteiger partial charge in [0.25, 0.3) is 0 Å². The highest BCUT2D eigenvalue weighted by Crippen LogP contribution is 2.30. The summed E-state index contributed by atoms with van der Waals surface area (Å²) in [5.41, 5.74) is 0.461. The maximum Gasteiger partial charge on any atom is 0.347 e. The van der Waals surface area contributed by atoms with Gasteiger partial charge in [0.2, 0.25) is 10.0 Å². The monoisotopic (exact) mass is 333 g/mol. The van der Waals surface area contributed by atoms with E-state index < -0.39 is 16.0 Å². The van der Waals surface area contributed by atoms with Gasteiger partial charge in [-0.3, -0.25) is 0 Å². The van der Waals surface area contributed by atoms with Gasteiger partial charge in [-0.05, 0) is 36.6 Å². The highest BCUT2D eigenvalue weighted by atomic mass is 32.2. The van der Waals surface area contributed by atoms with Gasteiger partial charge in [-0.15, -0.1) is 11.3 Å². The minimum atomic E-state index is -3.80. The van der Waals surface area contributed by atoms with Gasteiger partial charge in [0.15, 0.2) is 0 Å². The normalized spacial score (nSPS) is 15.6. The fraction of sp³-hybridized carbons (Fsp3) is 0.615. The van der Waals surface area contributed by atoms with Gasteiger partial charge in [-0.2, -0.15) is 4.31 Å². The second-order valence-corrected chi connectivity index (χ2v) is 8.09. The molecule has 1 fully saturated rings. The number of carboxylic acid groups (broad SMARTS) is 1. The Kier molecular flexibility index (Phi) is 5.03. The number of ether oxygens (including phenoxy) is 1. The first-order valence-corrected chi connectivity index (χ1v) is 9.01. The summed E-state index contributed by atoms with van der Waals surface area (Å²) in [6, 6.07) is 0. The molecule has 0 bridgehead atoms. The SMILES string of the molecule is Cc1csc(C(=O)O)c1S(=O)(=O)N(C)CCOCC1CC1. The maximum absolute atomic E-state index is 12.5. The highest BCUT2D eigenvalue weighted by molar-refractivity contribution is 7.89. The van der Waals surface area contributed by atoms with Crippen LogP contribution in [-0.4, -0.2) is 50.6 Å². The Bertz CT molecular complexity index is 619. The van der Waals surface area contributed by atoms with Gasteiger partial charge in [0.1, 0.15) is 9.77 Å². The predicted molar refractivity (Wildman–Crippen MR) is 79.4 cm³/mol. The molecule has 8 heteroatoms. The number of sulfonamides is 1. The second kappa shape index (κ2) is 6.43. The minimum Gasteiger partial charge on any atom is -0.477 e. The molecule has 1 saturated carbocycles. The number of thiophene rings is 1. The van der Waals surface area contributed by atoms with Crippen LogP contribution < -0.4 is 0 Å². The van der Waals surface area contributed by atoms with Crippen molar-refractivity contribution in [1.82, 2.24) is 4.31 Å². The van der Waals surface area contributed by atoms with Crippen LogP contribution in [0.1, 0.15) is 28.1 Å². The first-order valence-electron chi connectivity index (χ1n) is 6.69. The number of carbonyl (C=O) groups is 1. The van der Waals surface area contributed by atoms with Gasteiger partial charge >= 0.3 is 5.97 Å². The topological polar surface area (TPSA) is 83.9 Å². The molecule has 0 saturated heterocycles. The van der Waals surface area contributed by atoms with Gasteiger partial charge in [0, 0.05) is 20.2 Å². The summed E-state index contributed by atoms with van der Waals surface area (Å²) < 4.78 is 31.6. The van der Waals surface area contributed by atoms with E-state index in [4.69, 9.17) is 9.84 Å². The number of nitrogens with zero attached hydrogens (tertiary/aromatic N) is 1. The molecular formula is C13H19NO5S2. The fourth-order valence-electron chi connectivity index (χ4n) is 1.91. The van der Waals surface area contributed by atoms with Crippen LogP contribution in [0.2, 0.25) is 0 Å². The molecule has 1 aliphatic rings. The zero-order valence-electron chi connectivity index (χ0n) is 12.0. The Morgan fingerprint density at radius 3 is 2.76 bits per heavy atom. The fourth-order valence-corrected chi connectivity index (χ4v) is 4.64. The van der Waals surface area contributed by atoms with Gasteiger partial charge in [0.05, 0.1) is 6.61 Å². The van der Waals surface area contributed by atoms with Gasteiger partial charge in [-0.25, -0.2) is 13.2 Å². The quantitative estimate of drug-likeness (QED) is 0.733. The summed E-state index contributed by atoms with van der Waals surface area (Å²) in [5.74, 6) is -0.588. The molecule has 1 aromatic rings. The average Bonchev–Trinajstić information content (AvgIpc) is 3.14. The molecule has 1 heterocycles. The largest absolute Gasteiger partial charge is 0.477 e. The second-order valence-electron chi connectivity index (χ2n) is 5.23. The van der Waals surface area contributed by atoms with Crippen molar-refractivity contribution in [3.63, 3.8) is 0 Å². The zero-order valence-corrected chi connectivity index (χ0v) is 13.7. The van der Waals surface area contributed by atoms with Crippen molar-refractivity contribution in [3.8, 4) is 0 Å². The predicted octanol–water partition coefficient (Wildman–Crippen LogP) is 1.80. The molecule has 2 rings (SSSR count). The van der Waals surface area contributed by atoms with Crippen LogP contribution in [0.25, 0.3) is 0 Å². The summed E-state index contributed by atoms with van der Waals surface area (Å²) in [4.78, 5) is 10.9. The van der Waals surface area contributed by atoms with Crippen LogP contribution >= 0.6 is 11.3 Å². The van der Waals surface area contributed by atoms with Crippen molar-refractivity contribution in [2.75, 3.05) is 26.8 Å². The standard InChI is InChI=1S/C13H19NO5S2/c1-9-8-20-11(13(15)16)12(9)21(17,18)14(2)5-6-19-7-10-3-4-10/h8,10H,3-7H2,1-2H3,(H,15,16). The summed E-state index contributed by atoms with van der Waals surface area (Å²) in [5, 5.41) is 10.7.